The molecule has 254 valence electrons. The Labute approximate surface area is 285 Å². The van der Waals surface area contributed by atoms with Crippen LogP contribution in [0.4, 0.5) is 32.3 Å². The Balaban J connectivity index is 0.000000212. The second-order valence-electron chi connectivity index (χ2n) is 11.0. The van der Waals surface area contributed by atoms with Gasteiger partial charge in [0.25, 0.3) is 11.4 Å². The average Bonchev–Trinajstić information content (AvgIpc) is 3.74. The standard InChI is InChI=1S/C16H17N3O4S.C15H15N3O4S.CH4/c1-18-8-11(9-18)10-23-16(20)17-13-7-12(15-3-2-6-24-15)4-5-14(13)19(21)22;19-15(22-9-10-7-16-8-10)17-12-6-11(14-2-1-5-23-14)3-4-13(12)18(20)21;/h2-7,11H,8-10H2,1H3,(H,17,20);1-6,10,16H,7-9H2,(H,17,19);1H4. The first-order valence-electron chi connectivity index (χ1n) is 14.6. The predicted octanol–water partition coefficient (Wildman–Crippen LogP) is 7.16. The summed E-state index contributed by atoms with van der Waals surface area (Å²) in [5, 5.41) is 34.2. The summed E-state index contributed by atoms with van der Waals surface area (Å²) in [5.41, 5.74) is 1.58. The first kappa shape index (κ1) is 35.9. The number of likely N-dealkylation sites (tertiary alicyclic amines) is 1. The van der Waals surface area contributed by atoms with E-state index in [9.17, 15) is 29.8 Å². The van der Waals surface area contributed by atoms with Gasteiger partial charge in [-0.25, -0.2) is 9.59 Å². The molecule has 16 heteroatoms. The number of nitrogens with one attached hydrogen (secondary N) is 3. The minimum Gasteiger partial charge on any atom is -0.449 e. The van der Waals surface area contributed by atoms with Gasteiger partial charge in [0.2, 0.25) is 0 Å². The van der Waals surface area contributed by atoms with Crippen molar-refractivity contribution in [2.24, 2.45) is 11.8 Å². The number of benzene rings is 2. The Hall–Kier alpha value is -4.90. The molecule has 2 aromatic carbocycles. The van der Waals surface area contributed by atoms with Crippen LogP contribution in [0.25, 0.3) is 20.9 Å². The lowest BCUT2D eigenvalue weighted by Gasteiger charge is -2.35. The molecule has 48 heavy (non-hydrogen) atoms. The van der Waals surface area contributed by atoms with Gasteiger partial charge >= 0.3 is 12.2 Å². The van der Waals surface area contributed by atoms with E-state index in [1.165, 1.54) is 34.8 Å². The van der Waals surface area contributed by atoms with Crippen LogP contribution in [0, 0.1) is 32.1 Å². The van der Waals surface area contributed by atoms with Crippen LogP contribution in [0.15, 0.2) is 71.4 Å². The topological polar surface area (TPSA) is 178 Å². The number of hydrogen-bond acceptors (Lipinski definition) is 12. The van der Waals surface area contributed by atoms with Crippen LogP contribution in [0.1, 0.15) is 7.43 Å². The molecule has 2 aliphatic rings. The molecule has 0 atom stereocenters. The van der Waals surface area contributed by atoms with Crippen LogP contribution in [0.3, 0.4) is 0 Å². The third-order valence-corrected chi connectivity index (χ3v) is 9.22. The molecule has 2 amide bonds. The number of thiophene rings is 2. The van der Waals surface area contributed by atoms with Crippen LogP contribution in [0.5, 0.6) is 0 Å². The highest BCUT2D eigenvalue weighted by molar-refractivity contribution is 7.13. The lowest BCUT2D eigenvalue weighted by atomic mass is 10.0. The molecular formula is C32H36N6O8S2. The molecule has 14 nitrogen and oxygen atoms in total. The third kappa shape index (κ3) is 9.57. The monoisotopic (exact) mass is 696 g/mol. The van der Waals surface area contributed by atoms with Crippen molar-refractivity contribution in [2.45, 2.75) is 7.43 Å². The van der Waals surface area contributed by atoms with E-state index in [0.29, 0.717) is 25.0 Å². The summed E-state index contributed by atoms with van der Waals surface area (Å²) in [4.78, 5) is 49.1. The molecule has 6 rings (SSSR count). The number of ether oxygens (including phenoxy) is 2. The predicted molar refractivity (Wildman–Crippen MR) is 187 cm³/mol. The zero-order valence-corrected chi connectivity index (χ0v) is 26.9. The van der Waals surface area contributed by atoms with Gasteiger partial charge in [-0.15, -0.1) is 22.7 Å². The van der Waals surface area contributed by atoms with E-state index in [1.807, 2.05) is 42.1 Å². The number of hydrogen-bond donors (Lipinski definition) is 3. The van der Waals surface area contributed by atoms with Gasteiger partial charge < -0.3 is 19.7 Å². The second-order valence-corrected chi connectivity index (χ2v) is 12.9. The molecule has 0 saturated carbocycles. The smallest absolute Gasteiger partial charge is 0.411 e. The van der Waals surface area contributed by atoms with Crippen molar-refractivity contribution < 1.29 is 28.9 Å². The van der Waals surface area contributed by atoms with Crippen molar-refractivity contribution in [3.63, 3.8) is 0 Å². The Bertz CT molecular complexity index is 1710. The molecule has 2 fully saturated rings. The van der Waals surface area contributed by atoms with Gasteiger partial charge in [-0.2, -0.15) is 0 Å². The van der Waals surface area contributed by atoms with E-state index >= 15 is 0 Å². The Kier molecular flexibility index (Phi) is 12.6. The third-order valence-electron chi connectivity index (χ3n) is 7.38. The zero-order chi connectivity index (χ0) is 33.3. The van der Waals surface area contributed by atoms with Gasteiger partial charge in [0.1, 0.15) is 11.4 Å². The van der Waals surface area contributed by atoms with E-state index in [0.717, 1.165) is 47.1 Å². The van der Waals surface area contributed by atoms with Crippen molar-refractivity contribution in [1.82, 2.24) is 10.2 Å². The van der Waals surface area contributed by atoms with Gasteiger partial charge in [0.15, 0.2) is 0 Å². The maximum atomic E-state index is 11.9. The molecule has 0 radical (unpaired) electrons. The van der Waals surface area contributed by atoms with Crippen molar-refractivity contribution in [3.05, 3.63) is 91.7 Å². The van der Waals surface area contributed by atoms with Crippen molar-refractivity contribution in [2.75, 3.05) is 57.1 Å². The maximum absolute atomic E-state index is 11.9. The molecule has 3 N–H and O–H groups in total. The summed E-state index contributed by atoms with van der Waals surface area (Å²) in [7, 11) is 2.00. The van der Waals surface area contributed by atoms with Crippen molar-refractivity contribution >= 4 is 57.6 Å². The highest BCUT2D eigenvalue weighted by atomic mass is 32.1. The molecular weight excluding hydrogens is 661 g/mol. The number of rotatable bonds is 10. The van der Waals surface area contributed by atoms with Gasteiger partial charge in [-0.3, -0.25) is 30.9 Å². The summed E-state index contributed by atoms with van der Waals surface area (Å²) >= 11 is 3.05. The molecule has 0 unspecified atom stereocenters. The number of carbonyl (C=O) groups excluding carboxylic acids is 2. The van der Waals surface area contributed by atoms with Crippen LogP contribution in [-0.2, 0) is 9.47 Å². The molecule has 2 saturated heterocycles. The SMILES string of the molecule is C.CN1CC(COC(=O)Nc2cc(-c3cccs3)ccc2[N+](=O)[O-])C1.O=C(Nc1cc(-c2cccs2)ccc1[N+](=O)[O-])OCC1CNC1. The normalized spacial score (nSPS) is 14.2. The van der Waals surface area contributed by atoms with E-state index in [1.54, 1.807) is 24.3 Å². The fourth-order valence-corrected chi connectivity index (χ4v) is 6.31. The number of nitrogens with zero attached hydrogens (tertiary/aromatic N) is 3. The van der Waals surface area contributed by atoms with Crippen LogP contribution >= 0.6 is 22.7 Å². The average molecular weight is 697 g/mol. The number of nitro benzene ring substituents is 2. The summed E-state index contributed by atoms with van der Waals surface area (Å²) in [5.74, 6) is 0.640. The minimum absolute atomic E-state index is 0. The Morgan fingerprint density at radius 2 is 1.27 bits per heavy atom. The highest BCUT2D eigenvalue weighted by Crippen LogP contribution is 2.34. The lowest BCUT2D eigenvalue weighted by Crippen LogP contribution is -2.46. The van der Waals surface area contributed by atoms with E-state index in [-0.39, 0.29) is 30.2 Å². The van der Waals surface area contributed by atoms with Gasteiger partial charge in [0, 0.05) is 59.9 Å². The molecule has 0 bridgehead atoms. The summed E-state index contributed by atoms with van der Waals surface area (Å²) in [6, 6.07) is 16.9. The van der Waals surface area contributed by atoms with Gasteiger partial charge in [-0.1, -0.05) is 19.6 Å². The fourth-order valence-electron chi connectivity index (χ4n) is 4.86. The van der Waals surface area contributed by atoms with E-state index in [2.05, 4.69) is 20.9 Å². The Morgan fingerprint density at radius 3 is 1.62 bits per heavy atom. The number of amides is 2. The lowest BCUT2D eigenvalue weighted by molar-refractivity contribution is -0.384. The molecule has 2 aliphatic heterocycles. The zero-order valence-electron chi connectivity index (χ0n) is 25.2. The molecule has 0 aliphatic carbocycles. The highest BCUT2D eigenvalue weighted by Gasteiger charge is 2.25. The minimum atomic E-state index is -0.677. The van der Waals surface area contributed by atoms with E-state index in [4.69, 9.17) is 9.47 Å². The van der Waals surface area contributed by atoms with Crippen LogP contribution < -0.4 is 16.0 Å². The quantitative estimate of drug-likeness (QED) is 0.114. The largest absolute Gasteiger partial charge is 0.449 e. The number of carbonyl (C=O) groups is 2. The van der Waals surface area contributed by atoms with Crippen LogP contribution in [0.2, 0.25) is 0 Å². The van der Waals surface area contributed by atoms with Crippen molar-refractivity contribution in [1.29, 1.82) is 0 Å². The maximum Gasteiger partial charge on any atom is 0.411 e. The summed E-state index contributed by atoms with van der Waals surface area (Å²) < 4.78 is 10.3. The summed E-state index contributed by atoms with van der Waals surface area (Å²) in [6.45, 7) is 4.04. The number of nitro groups is 2. The fraction of sp³-hybridized carbons (Fsp3) is 0.312. The molecule has 4 aromatic rings. The van der Waals surface area contributed by atoms with Crippen molar-refractivity contribution in [3.8, 4) is 20.9 Å². The number of anilines is 2. The molecule has 4 heterocycles. The van der Waals surface area contributed by atoms with E-state index < -0.39 is 22.0 Å². The van der Waals surface area contributed by atoms with Gasteiger partial charge in [0.05, 0.1) is 23.1 Å². The molecule has 2 aromatic heterocycles. The first-order chi connectivity index (χ1) is 22.7. The Morgan fingerprint density at radius 1 is 0.812 bits per heavy atom. The molecule has 0 spiro atoms. The van der Waals surface area contributed by atoms with Crippen LogP contribution in [-0.4, -0.2) is 73.4 Å². The van der Waals surface area contributed by atoms with Gasteiger partial charge in [-0.05, 0) is 65.3 Å². The second kappa shape index (κ2) is 16.8. The summed E-state index contributed by atoms with van der Waals surface area (Å²) in [6.07, 6.45) is -1.35. The first-order valence-corrected chi connectivity index (χ1v) is 16.3.